The Morgan fingerprint density at radius 2 is 1.96 bits per heavy atom. The average Bonchev–Trinajstić information content (AvgIpc) is 3.03. The normalized spacial score (nSPS) is 15.0. The van der Waals surface area contributed by atoms with E-state index in [1.165, 1.54) is 0 Å². The molecule has 0 bridgehead atoms. The van der Waals surface area contributed by atoms with Crippen LogP contribution in [0.5, 0.6) is 0 Å². The number of carbonyl (C=O) groups is 1. The number of aromatic nitrogens is 2. The molecule has 0 saturated carbocycles. The molecule has 1 aliphatic rings. The summed E-state index contributed by atoms with van der Waals surface area (Å²) < 4.78 is 7.62. The molecule has 0 N–H and O–H groups in total. The molecular weight excluding hydrogens is 350 g/mol. The van der Waals surface area contributed by atoms with Crippen LogP contribution in [-0.2, 0) is 30.3 Å². The Labute approximate surface area is 159 Å². The van der Waals surface area contributed by atoms with Crippen LogP contribution in [0.2, 0.25) is 0 Å². The van der Waals surface area contributed by atoms with Crippen molar-refractivity contribution in [3.05, 3.63) is 53.1 Å². The number of alkyl halides is 1. The van der Waals surface area contributed by atoms with Crippen LogP contribution < -0.4 is 0 Å². The van der Waals surface area contributed by atoms with E-state index in [0.29, 0.717) is 37.4 Å². The van der Waals surface area contributed by atoms with Gasteiger partial charge in [-0.1, -0.05) is 51.1 Å². The number of ether oxygens (including phenoxy) is 1. The van der Waals surface area contributed by atoms with Crippen molar-refractivity contribution in [3.8, 4) is 0 Å². The molecule has 2 heterocycles. The van der Waals surface area contributed by atoms with Crippen LogP contribution in [0.3, 0.4) is 0 Å². The van der Waals surface area contributed by atoms with Gasteiger partial charge in [0.15, 0.2) is 0 Å². The van der Waals surface area contributed by atoms with E-state index in [4.69, 9.17) is 21.3 Å². The zero-order valence-electron chi connectivity index (χ0n) is 15.6. The van der Waals surface area contributed by atoms with Gasteiger partial charge in [-0.3, -0.25) is 4.90 Å². The predicted octanol–water partition coefficient (Wildman–Crippen LogP) is 4.53. The minimum absolute atomic E-state index is 0.285. The molecule has 1 amide bonds. The smallest absolute Gasteiger partial charge is 0.410 e. The number of amides is 1. The van der Waals surface area contributed by atoms with E-state index in [2.05, 4.69) is 25.3 Å². The van der Waals surface area contributed by atoms with Crippen molar-refractivity contribution < 1.29 is 9.53 Å². The highest BCUT2D eigenvalue weighted by atomic mass is 35.5. The van der Waals surface area contributed by atoms with E-state index < -0.39 is 0 Å². The van der Waals surface area contributed by atoms with Crippen LogP contribution in [0.4, 0.5) is 4.79 Å². The van der Waals surface area contributed by atoms with Gasteiger partial charge in [-0.25, -0.2) is 9.78 Å². The molecule has 1 aliphatic heterocycles. The first-order chi connectivity index (χ1) is 12.5. The Bertz CT molecular complexity index is 758. The van der Waals surface area contributed by atoms with Crippen molar-refractivity contribution in [2.45, 2.75) is 52.3 Å². The maximum atomic E-state index is 12.4. The number of fused-ring (bicyclic) bond motifs is 1. The van der Waals surface area contributed by atoms with Gasteiger partial charge in [0.05, 0.1) is 23.8 Å². The number of imidazole rings is 1. The van der Waals surface area contributed by atoms with Crippen LogP contribution in [0.1, 0.15) is 49.5 Å². The molecule has 5 nitrogen and oxygen atoms in total. The van der Waals surface area contributed by atoms with Gasteiger partial charge in [0.1, 0.15) is 12.4 Å². The summed E-state index contributed by atoms with van der Waals surface area (Å²) in [6, 6.07) is 9.71. The zero-order valence-corrected chi connectivity index (χ0v) is 16.4. The van der Waals surface area contributed by atoms with Gasteiger partial charge in [0.25, 0.3) is 0 Å². The molecule has 0 unspecified atom stereocenters. The molecule has 0 radical (unpaired) electrons. The summed E-state index contributed by atoms with van der Waals surface area (Å²) >= 11 is 6.21. The molecule has 2 aromatic rings. The van der Waals surface area contributed by atoms with Crippen molar-refractivity contribution >= 4 is 17.7 Å². The fourth-order valence-electron chi connectivity index (χ4n) is 3.20. The van der Waals surface area contributed by atoms with Crippen molar-refractivity contribution in [1.82, 2.24) is 14.5 Å². The highest BCUT2D eigenvalue weighted by Gasteiger charge is 2.28. The molecule has 0 spiro atoms. The first kappa shape index (κ1) is 18.8. The topological polar surface area (TPSA) is 47.4 Å². The third kappa shape index (κ3) is 3.88. The van der Waals surface area contributed by atoms with Gasteiger partial charge in [-0.05, 0) is 11.5 Å². The maximum Gasteiger partial charge on any atom is 0.410 e. The Hall–Kier alpha value is -2.01. The Kier molecular flexibility index (Phi) is 5.87. The largest absolute Gasteiger partial charge is 0.445 e. The lowest BCUT2D eigenvalue weighted by Crippen LogP contribution is -2.39. The van der Waals surface area contributed by atoms with E-state index in [1.807, 2.05) is 30.3 Å². The molecule has 3 rings (SSSR count). The van der Waals surface area contributed by atoms with Crippen LogP contribution in [0.15, 0.2) is 30.3 Å². The minimum atomic E-state index is -0.297. The van der Waals surface area contributed by atoms with Gasteiger partial charge in [-0.2, -0.15) is 0 Å². The van der Waals surface area contributed by atoms with E-state index in [9.17, 15) is 4.79 Å². The number of benzene rings is 1. The molecule has 0 saturated heterocycles. The van der Waals surface area contributed by atoms with E-state index in [0.717, 1.165) is 22.8 Å². The van der Waals surface area contributed by atoms with Gasteiger partial charge >= 0.3 is 6.09 Å². The monoisotopic (exact) mass is 375 g/mol. The van der Waals surface area contributed by atoms with Gasteiger partial charge < -0.3 is 9.30 Å². The molecule has 0 fully saturated rings. The molecule has 1 aromatic carbocycles. The first-order valence-corrected chi connectivity index (χ1v) is 9.64. The van der Waals surface area contributed by atoms with Crippen molar-refractivity contribution in [2.75, 3.05) is 6.54 Å². The Balaban J connectivity index is 1.70. The van der Waals surface area contributed by atoms with Crippen molar-refractivity contribution in [3.63, 3.8) is 0 Å². The fourth-order valence-corrected chi connectivity index (χ4v) is 3.48. The third-order valence-corrected chi connectivity index (χ3v) is 5.38. The lowest BCUT2D eigenvalue weighted by atomic mass is 9.94. The van der Waals surface area contributed by atoms with Crippen molar-refractivity contribution in [1.29, 1.82) is 0 Å². The quantitative estimate of drug-likeness (QED) is 0.721. The number of rotatable bonds is 5. The lowest BCUT2D eigenvalue weighted by molar-refractivity contribution is 0.0860. The summed E-state index contributed by atoms with van der Waals surface area (Å²) in [5.41, 5.74) is 3.13. The highest BCUT2D eigenvalue weighted by Crippen LogP contribution is 2.30. The summed E-state index contributed by atoms with van der Waals surface area (Å²) in [6.45, 7) is 8.62. The van der Waals surface area contributed by atoms with Crippen LogP contribution in [-0.4, -0.2) is 27.1 Å². The van der Waals surface area contributed by atoms with E-state index in [-0.39, 0.29) is 12.7 Å². The third-order valence-electron chi connectivity index (χ3n) is 5.13. The van der Waals surface area contributed by atoms with Crippen LogP contribution >= 0.6 is 11.6 Å². The Morgan fingerprint density at radius 3 is 2.62 bits per heavy atom. The maximum absolute atomic E-state index is 12.4. The van der Waals surface area contributed by atoms with Crippen molar-refractivity contribution in [2.24, 2.45) is 5.92 Å². The summed E-state index contributed by atoms with van der Waals surface area (Å²) in [5, 5.41) is 0. The fraction of sp³-hybridized carbons (Fsp3) is 0.500. The molecule has 1 aromatic heterocycles. The number of nitrogens with zero attached hydrogens (tertiary/aromatic N) is 3. The second kappa shape index (κ2) is 8.12. The molecular formula is C20H26ClN3O2. The summed E-state index contributed by atoms with van der Waals surface area (Å²) in [4.78, 5) is 19.0. The SMILES string of the molecule is CC(C)[C@@H](C)c1nc2n(c1CCl)CCN(C(=O)OCc1ccccc1)C2. The molecule has 6 heteroatoms. The predicted molar refractivity (Wildman–Crippen MR) is 102 cm³/mol. The highest BCUT2D eigenvalue weighted by molar-refractivity contribution is 6.17. The zero-order chi connectivity index (χ0) is 18.7. The number of hydrogen-bond donors (Lipinski definition) is 0. The summed E-state index contributed by atoms with van der Waals surface area (Å²) in [7, 11) is 0. The molecule has 1 atom stereocenters. The second-order valence-electron chi connectivity index (χ2n) is 7.14. The standard InChI is InChI=1S/C20H26ClN3O2/c1-14(2)15(3)19-17(11-21)24-10-9-23(12-18(24)22-19)20(25)26-13-16-7-5-4-6-8-16/h4-8,14-15H,9-13H2,1-3H3/t15-/m1/s1. The minimum Gasteiger partial charge on any atom is -0.445 e. The first-order valence-electron chi connectivity index (χ1n) is 9.11. The van der Waals surface area contributed by atoms with Crippen LogP contribution in [0, 0.1) is 5.92 Å². The molecule has 140 valence electrons. The van der Waals surface area contributed by atoms with E-state index >= 15 is 0 Å². The number of carbonyl (C=O) groups excluding carboxylic acids is 1. The van der Waals surface area contributed by atoms with Gasteiger partial charge in [0.2, 0.25) is 0 Å². The number of hydrogen-bond acceptors (Lipinski definition) is 3. The van der Waals surface area contributed by atoms with Crippen LogP contribution in [0.25, 0.3) is 0 Å². The number of halogens is 1. The van der Waals surface area contributed by atoms with Gasteiger partial charge in [0, 0.05) is 19.0 Å². The van der Waals surface area contributed by atoms with E-state index in [1.54, 1.807) is 4.90 Å². The summed E-state index contributed by atoms with van der Waals surface area (Å²) in [5.74, 6) is 2.16. The van der Waals surface area contributed by atoms with Gasteiger partial charge in [-0.15, -0.1) is 11.6 Å². The molecule has 26 heavy (non-hydrogen) atoms. The lowest BCUT2D eigenvalue weighted by Gasteiger charge is -2.27. The Morgan fingerprint density at radius 1 is 1.23 bits per heavy atom. The second-order valence-corrected chi connectivity index (χ2v) is 7.41. The average molecular weight is 376 g/mol. The molecule has 0 aliphatic carbocycles. The summed E-state index contributed by atoms with van der Waals surface area (Å²) in [6.07, 6.45) is -0.297.